The van der Waals surface area contributed by atoms with Gasteiger partial charge in [-0.2, -0.15) is 0 Å². The molecule has 2 aromatic heterocycles. The first-order valence-electron chi connectivity index (χ1n) is 7.72. The molecule has 1 aromatic carbocycles. The molecule has 3 aromatic rings. The number of benzene rings is 1. The molecule has 0 atom stereocenters. The van der Waals surface area contributed by atoms with Crippen LogP contribution in [0.5, 0.6) is 11.5 Å². The lowest BCUT2D eigenvalue weighted by molar-refractivity contribution is 0.102. The Labute approximate surface area is 147 Å². The maximum atomic E-state index is 12.4. The van der Waals surface area contributed by atoms with Crippen LogP contribution in [0.15, 0.2) is 50.7 Å². The van der Waals surface area contributed by atoms with E-state index in [0.29, 0.717) is 41.3 Å². The van der Waals surface area contributed by atoms with Crippen LogP contribution >= 0.6 is 11.8 Å². The lowest BCUT2D eigenvalue weighted by Crippen LogP contribution is -2.03. The van der Waals surface area contributed by atoms with Gasteiger partial charge in [-0.15, -0.1) is 10.2 Å². The van der Waals surface area contributed by atoms with Gasteiger partial charge >= 0.3 is 0 Å². The van der Waals surface area contributed by atoms with Crippen LogP contribution in [-0.4, -0.2) is 34.9 Å². The first-order chi connectivity index (χ1) is 12.3. The van der Waals surface area contributed by atoms with Crippen molar-refractivity contribution in [2.24, 2.45) is 0 Å². The van der Waals surface area contributed by atoms with Gasteiger partial charge in [0, 0.05) is 12.0 Å². The number of ketones is 1. The quantitative estimate of drug-likeness (QED) is 0.506. The Balaban J connectivity index is 1.41. The van der Waals surface area contributed by atoms with Gasteiger partial charge in [0.2, 0.25) is 0 Å². The van der Waals surface area contributed by atoms with Crippen molar-refractivity contribution in [3.63, 3.8) is 0 Å². The van der Waals surface area contributed by atoms with E-state index in [0.717, 1.165) is 6.42 Å². The molecule has 0 radical (unpaired) electrons. The molecule has 0 spiro atoms. The van der Waals surface area contributed by atoms with Crippen LogP contribution < -0.4 is 9.47 Å². The van der Waals surface area contributed by atoms with Crippen molar-refractivity contribution >= 4 is 17.5 Å². The number of ether oxygens (including phenoxy) is 2. The fourth-order valence-corrected chi connectivity index (χ4v) is 2.97. The lowest BCUT2D eigenvalue weighted by Gasteiger charge is -2.08. The number of carbonyl (C=O) groups is 1. The highest BCUT2D eigenvalue weighted by Crippen LogP contribution is 2.31. The minimum absolute atomic E-state index is 0.0570. The predicted octanol–water partition coefficient (Wildman–Crippen LogP) is 3.47. The third kappa shape index (κ3) is 3.53. The van der Waals surface area contributed by atoms with E-state index < -0.39 is 0 Å². The number of hydrogen-bond acceptors (Lipinski definition) is 8. The largest absolute Gasteiger partial charge is 0.490 e. The van der Waals surface area contributed by atoms with Gasteiger partial charge < -0.3 is 18.3 Å². The minimum atomic E-state index is -0.0570. The average Bonchev–Trinajstić information content (AvgIpc) is 3.26. The molecule has 0 aliphatic carbocycles. The highest BCUT2D eigenvalue weighted by atomic mass is 32.2. The van der Waals surface area contributed by atoms with Gasteiger partial charge in [-0.3, -0.25) is 4.79 Å². The number of Topliss-reactive ketones (excluding diaryl/α,β-unsaturated/α-hetero) is 1. The molecule has 1 aliphatic rings. The Morgan fingerprint density at radius 1 is 1.12 bits per heavy atom. The van der Waals surface area contributed by atoms with Gasteiger partial charge in [-0.1, -0.05) is 11.8 Å². The molecule has 3 heterocycles. The molecular formula is C17H14N2O5S. The van der Waals surface area contributed by atoms with Crippen LogP contribution in [0.1, 0.15) is 16.8 Å². The Hall–Kier alpha value is -2.74. The van der Waals surface area contributed by atoms with Crippen molar-refractivity contribution in [1.82, 2.24) is 10.2 Å². The molecule has 7 nitrogen and oxygen atoms in total. The number of aromatic nitrogens is 2. The molecular weight excluding hydrogens is 344 g/mol. The summed E-state index contributed by atoms with van der Waals surface area (Å²) in [5.74, 6) is 2.18. The summed E-state index contributed by atoms with van der Waals surface area (Å²) in [6.07, 6.45) is 2.35. The van der Waals surface area contributed by atoms with Gasteiger partial charge in [-0.05, 0) is 30.3 Å². The van der Waals surface area contributed by atoms with Crippen LogP contribution in [0.3, 0.4) is 0 Å². The molecule has 0 bridgehead atoms. The van der Waals surface area contributed by atoms with E-state index in [1.807, 2.05) is 0 Å². The van der Waals surface area contributed by atoms with Crippen molar-refractivity contribution in [2.75, 3.05) is 19.0 Å². The van der Waals surface area contributed by atoms with Crippen molar-refractivity contribution in [3.8, 4) is 23.1 Å². The molecule has 0 saturated carbocycles. The number of nitrogens with zero attached hydrogens (tertiary/aromatic N) is 2. The molecule has 25 heavy (non-hydrogen) atoms. The van der Waals surface area contributed by atoms with E-state index in [9.17, 15) is 4.79 Å². The van der Waals surface area contributed by atoms with Crippen LogP contribution in [0.25, 0.3) is 11.7 Å². The van der Waals surface area contributed by atoms with E-state index in [-0.39, 0.29) is 17.4 Å². The molecule has 0 amide bonds. The normalized spacial score (nSPS) is 13.4. The van der Waals surface area contributed by atoms with E-state index in [2.05, 4.69) is 10.2 Å². The number of hydrogen-bond donors (Lipinski definition) is 0. The number of furan rings is 1. The highest BCUT2D eigenvalue weighted by Gasteiger charge is 2.16. The first kappa shape index (κ1) is 15.8. The second kappa shape index (κ2) is 7.02. The summed E-state index contributed by atoms with van der Waals surface area (Å²) in [4.78, 5) is 12.4. The van der Waals surface area contributed by atoms with Crippen LogP contribution in [0, 0.1) is 0 Å². The molecule has 0 N–H and O–H groups in total. The highest BCUT2D eigenvalue weighted by molar-refractivity contribution is 7.99. The topological polar surface area (TPSA) is 87.6 Å². The minimum Gasteiger partial charge on any atom is -0.490 e. The summed E-state index contributed by atoms with van der Waals surface area (Å²) < 4.78 is 21.8. The van der Waals surface area contributed by atoms with Gasteiger partial charge in [0.1, 0.15) is 0 Å². The van der Waals surface area contributed by atoms with Crippen molar-refractivity contribution in [1.29, 1.82) is 0 Å². The third-order valence-corrected chi connectivity index (χ3v) is 4.35. The average molecular weight is 358 g/mol. The maximum Gasteiger partial charge on any atom is 0.284 e. The monoisotopic (exact) mass is 358 g/mol. The van der Waals surface area contributed by atoms with E-state index in [1.54, 1.807) is 30.3 Å². The maximum absolute atomic E-state index is 12.4. The molecule has 0 unspecified atom stereocenters. The van der Waals surface area contributed by atoms with Crippen LogP contribution in [0.2, 0.25) is 0 Å². The van der Waals surface area contributed by atoms with E-state index in [4.69, 9.17) is 18.3 Å². The second-order valence-corrected chi connectivity index (χ2v) is 6.20. The molecule has 128 valence electrons. The second-order valence-electron chi connectivity index (χ2n) is 5.27. The molecule has 4 rings (SSSR count). The van der Waals surface area contributed by atoms with E-state index >= 15 is 0 Å². The summed E-state index contributed by atoms with van der Waals surface area (Å²) in [7, 11) is 0. The van der Waals surface area contributed by atoms with E-state index in [1.165, 1.54) is 18.0 Å². The van der Waals surface area contributed by atoms with Gasteiger partial charge in [0.15, 0.2) is 23.0 Å². The van der Waals surface area contributed by atoms with Crippen molar-refractivity contribution < 1.29 is 23.1 Å². The first-order valence-corrected chi connectivity index (χ1v) is 8.71. The zero-order valence-electron chi connectivity index (χ0n) is 13.1. The zero-order valence-corrected chi connectivity index (χ0v) is 14.0. The Morgan fingerprint density at radius 2 is 2.00 bits per heavy atom. The number of thioether (sulfide) groups is 1. The molecule has 0 fully saturated rings. The van der Waals surface area contributed by atoms with Gasteiger partial charge in [-0.25, -0.2) is 0 Å². The summed E-state index contributed by atoms with van der Waals surface area (Å²) >= 11 is 1.18. The number of fused-ring (bicyclic) bond motifs is 1. The summed E-state index contributed by atoms with van der Waals surface area (Å²) in [6.45, 7) is 1.20. The fraction of sp³-hybridized carbons (Fsp3) is 0.235. The van der Waals surface area contributed by atoms with Crippen molar-refractivity contribution in [2.45, 2.75) is 11.6 Å². The van der Waals surface area contributed by atoms with Crippen LogP contribution in [-0.2, 0) is 0 Å². The third-order valence-electron chi connectivity index (χ3n) is 3.53. The SMILES string of the molecule is O=C(CSc1nnc(-c2ccco2)o1)c1ccc2c(c1)OCCCO2. The molecule has 0 saturated heterocycles. The smallest absolute Gasteiger partial charge is 0.284 e. The van der Waals surface area contributed by atoms with Crippen LogP contribution in [0.4, 0.5) is 0 Å². The van der Waals surface area contributed by atoms with Gasteiger partial charge in [0.25, 0.3) is 11.1 Å². The zero-order chi connectivity index (χ0) is 17.1. The predicted molar refractivity (Wildman–Crippen MR) is 89.1 cm³/mol. The number of rotatable bonds is 5. The Bertz CT molecular complexity index is 875. The van der Waals surface area contributed by atoms with Gasteiger partial charge in [0.05, 0.1) is 25.2 Å². The lowest BCUT2D eigenvalue weighted by atomic mass is 10.1. The summed E-state index contributed by atoms with van der Waals surface area (Å²) in [5, 5.41) is 8.12. The number of carbonyl (C=O) groups excluding carboxylic acids is 1. The summed E-state index contributed by atoms with van der Waals surface area (Å²) in [5.41, 5.74) is 0.558. The Morgan fingerprint density at radius 3 is 2.84 bits per heavy atom. The molecule has 1 aliphatic heterocycles. The fourth-order valence-electron chi connectivity index (χ4n) is 2.32. The van der Waals surface area contributed by atoms with Crippen molar-refractivity contribution in [3.05, 3.63) is 42.2 Å². The standard InChI is InChI=1S/C17H14N2O5S/c20-12(11-4-5-13-15(9-11)23-8-2-7-21-13)10-25-17-19-18-16(24-17)14-3-1-6-22-14/h1,3-6,9H,2,7-8,10H2. The summed E-state index contributed by atoms with van der Waals surface area (Å²) in [6, 6.07) is 8.68. The Kier molecular flexibility index (Phi) is 4.43. The molecule has 8 heteroatoms.